The molecule has 9 nitrogen and oxygen atoms in total. The van der Waals surface area contributed by atoms with Crippen molar-refractivity contribution in [1.29, 1.82) is 0 Å². The summed E-state index contributed by atoms with van der Waals surface area (Å²) in [7, 11) is -1.53. The number of ether oxygens (including phenoxy) is 1. The molecule has 4 rings (SSSR count). The van der Waals surface area contributed by atoms with Crippen LogP contribution in [-0.2, 0) is 26.5 Å². The molecule has 2 aromatic rings. The molecule has 1 aliphatic carbocycles. The van der Waals surface area contributed by atoms with E-state index >= 15 is 0 Å². The number of carbonyl (C=O) groups excluding carboxylic acids is 1. The van der Waals surface area contributed by atoms with Gasteiger partial charge in [0.25, 0.3) is 5.91 Å². The Kier molecular flexibility index (Phi) is 17.9. The molecule has 1 fully saturated rings. The van der Waals surface area contributed by atoms with Crippen LogP contribution in [0.5, 0.6) is 0 Å². The van der Waals surface area contributed by atoms with Crippen molar-refractivity contribution < 1.29 is 26.7 Å². The Morgan fingerprint density at radius 3 is 2.33 bits per heavy atom. The number of halogens is 3. The average Bonchev–Trinajstić information content (AvgIpc) is 3.17. The van der Waals surface area contributed by atoms with E-state index in [-0.39, 0.29) is 26.9 Å². The Balaban J connectivity index is 1.37. The predicted molar refractivity (Wildman–Crippen MR) is 236 cm³/mol. The molecule has 0 bridgehead atoms. The second kappa shape index (κ2) is 21.7. The minimum atomic E-state index is -3.62. The van der Waals surface area contributed by atoms with Crippen LogP contribution in [0.4, 0.5) is 20.2 Å². The van der Waals surface area contributed by atoms with E-state index in [2.05, 4.69) is 65.4 Å². The van der Waals surface area contributed by atoms with Crippen LogP contribution in [0.3, 0.4) is 0 Å². The lowest BCUT2D eigenvalue weighted by molar-refractivity contribution is 0.0370. The molecule has 0 spiro atoms. The molecule has 2 aromatic carbocycles. The first-order chi connectivity index (χ1) is 26.8. The first kappa shape index (κ1) is 47.2. The van der Waals surface area contributed by atoms with Crippen LogP contribution in [0, 0.1) is 5.41 Å². The van der Waals surface area contributed by atoms with E-state index in [1.165, 1.54) is 44.2 Å². The molecule has 0 aromatic heterocycles. The van der Waals surface area contributed by atoms with Gasteiger partial charge in [0.15, 0.2) is 11.0 Å². The molecule has 15 heteroatoms. The molecule has 1 amide bonds. The van der Waals surface area contributed by atoms with Gasteiger partial charge in [-0.25, -0.2) is 8.42 Å². The van der Waals surface area contributed by atoms with Gasteiger partial charge in [0.05, 0.1) is 28.7 Å². The Morgan fingerprint density at radius 1 is 1.05 bits per heavy atom. The highest BCUT2D eigenvalue weighted by molar-refractivity contribution is 7.90. The maximum absolute atomic E-state index is 14.3. The van der Waals surface area contributed by atoms with Crippen molar-refractivity contribution in [2.24, 2.45) is 5.41 Å². The van der Waals surface area contributed by atoms with Gasteiger partial charge in [-0.05, 0) is 120 Å². The number of amides is 1. The number of carbonyl (C=O) groups is 1. The predicted octanol–water partition coefficient (Wildman–Crippen LogP) is 8.55. The molecule has 57 heavy (non-hydrogen) atoms. The molecule has 0 radical (unpaired) electrons. The second-order valence-electron chi connectivity index (χ2n) is 16.1. The van der Waals surface area contributed by atoms with Crippen LogP contribution >= 0.6 is 20.8 Å². The minimum Gasteiger partial charge on any atom is -0.382 e. The van der Waals surface area contributed by atoms with E-state index in [9.17, 15) is 22.0 Å². The summed E-state index contributed by atoms with van der Waals surface area (Å²) in [6.45, 7) is 20.4. The van der Waals surface area contributed by atoms with Crippen LogP contribution in [0.15, 0.2) is 86.2 Å². The lowest BCUT2D eigenvalue weighted by Crippen LogP contribution is -2.38. The number of hydrogen-bond donors (Lipinski definition) is 2. The number of nitrogens with zero attached hydrogens (tertiary/aromatic N) is 3. The van der Waals surface area contributed by atoms with Crippen molar-refractivity contribution >= 4 is 59.9 Å². The Hall–Kier alpha value is -2.51. The summed E-state index contributed by atoms with van der Waals surface area (Å²) in [5.41, 5.74) is 5.79. The molecule has 316 valence electrons. The third-order valence-corrected chi connectivity index (χ3v) is 13.5. The third kappa shape index (κ3) is 14.9. The molecule has 1 heterocycles. The topological polar surface area (TPSA) is 94.2 Å². The highest BCUT2D eigenvalue weighted by Crippen LogP contribution is 2.36. The summed E-state index contributed by atoms with van der Waals surface area (Å²) >= 11 is 6.25. The number of hydrogen-bond acceptors (Lipinski definition) is 8. The SMILES string of the molecule is CCN(CCN(C)c1ccc(C(=O)NS(=O)c2ccc(NC(C)CCN3CCOCC3)c(S(=O)C(F)(F)P)c2)cc1)C/C(CC(C)(C)C)=C(/C)C1=CC=C(Cl)CC1. The number of nitrogens with one attached hydrogen (secondary N) is 2. The summed E-state index contributed by atoms with van der Waals surface area (Å²) in [6, 6.07) is 11.1. The number of morpholine rings is 1. The molecule has 4 atom stereocenters. The maximum atomic E-state index is 14.3. The minimum absolute atomic E-state index is 0.0525. The fourth-order valence-electron chi connectivity index (χ4n) is 6.78. The monoisotopic (exact) mass is 867 g/mol. The van der Waals surface area contributed by atoms with E-state index < -0.39 is 32.7 Å². The number of allylic oxidation sites excluding steroid dienone is 5. The van der Waals surface area contributed by atoms with Gasteiger partial charge in [-0.15, -0.1) is 0 Å². The van der Waals surface area contributed by atoms with Gasteiger partial charge < -0.3 is 15.0 Å². The Bertz CT molecular complexity index is 1830. The van der Waals surface area contributed by atoms with Crippen molar-refractivity contribution in [1.82, 2.24) is 14.5 Å². The van der Waals surface area contributed by atoms with Gasteiger partial charge >= 0.3 is 5.00 Å². The average molecular weight is 869 g/mol. The lowest BCUT2D eigenvalue weighted by Gasteiger charge is -2.30. The summed E-state index contributed by atoms with van der Waals surface area (Å²) in [5.74, 6) is -0.586. The zero-order valence-corrected chi connectivity index (χ0v) is 38.0. The zero-order valence-electron chi connectivity index (χ0n) is 34.5. The van der Waals surface area contributed by atoms with Gasteiger partial charge in [-0.1, -0.05) is 50.9 Å². The van der Waals surface area contributed by atoms with Crippen LogP contribution < -0.4 is 14.9 Å². The van der Waals surface area contributed by atoms with Crippen LogP contribution in [-0.4, -0.2) is 101 Å². The van der Waals surface area contributed by atoms with Crippen molar-refractivity contribution in [3.05, 3.63) is 81.9 Å². The van der Waals surface area contributed by atoms with E-state index in [4.69, 9.17) is 16.3 Å². The largest absolute Gasteiger partial charge is 0.382 e. The first-order valence-electron chi connectivity index (χ1n) is 19.6. The maximum Gasteiger partial charge on any atom is 0.335 e. The number of rotatable bonds is 19. The fraction of sp³-hybridized carbons (Fsp3) is 0.548. The molecule has 2 aliphatic rings. The van der Waals surface area contributed by atoms with Crippen LogP contribution in [0.1, 0.15) is 77.6 Å². The molecule has 4 unspecified atom stereocenters. The van der Waals surface area contributed by atoms with Gasteiger partial charge in [-0.2, -0.15) is 8.78 Å². The van der Waals surface area contributed by atoms with E-state index in [0.29, 0.717) is 18.8 Å². The highest BCUT2D eigenvalue weighted by atomic mass is 35.5. The molecular formula is C42H61ClF2N5O4PS2. The summed E-state index contributed by atoms with van der Waals surface area (Å²) in [6.07, 6.45) is 7.74. The molecule has 1 saturated heterocycles. The van der Waals surface area contributed by atoms with Crippen molar-refractivity contribution in [2.45, 2.75) is 88.1 Å². The highest BCUT2D eigenvalue weighted by Gasteiger charge is 2.34. The number of anilines is 2. The van der Waals surface area contributed by atoms with Gasteiger partial charge in [-0.3, -0.25) is 19.3 Å². The molecule has 0 saturated carbocycles. The number of benzene rings is 2. The van der Waals surface area contributed by atoms with Gasteiger partial charge in [0, 0.05) is 68.6 Å². The van der Waals surface area contributed by atoms with E-state index in [1.54, 1.807) is 12.1 Å². The Labute approximate surface area is 351 Å². The smallest absolute Gasteiger partial charge is 0.335 e. The fourth-order valence-corrected chi connectivity index (χ4v) is 9.07. The number of alkyl halides is 2. The summed E-state index contributed by atoms with van der Waals surface area (Å²) in [5, 5.41) is 4.11. The second-order valence-corrected chi connectivity index (χ2v) is 20.4. The molecular weight excluding hydrogens is 807 g/mol. The van der Waals surface area contributed by atoms with Crippen molar-refractivity contribution in [3.8, 4) is 0 Å². The van der Waals surface area contributed by atoms with Crippen LogP contribution in [0.2, 0.25) is 0 Å². The van der Waals surface area contributed by atoms with Crippen LogP contribution in [0.25, 0.3) is 0 Å². The van der Waals surface area contributed by atoms with E-state index in [0.717, 1.165) is 82.2 Å². The first-order valence-corrected chi connectivity index (χ1v) is 22.9. The van der Waals surface area contributed by atoms with Gasteiger partial charge in [0.2, 0.25) is 0 Å². The summed E-state index contributed by atoms with van der Waals surface area (Å²) < 4.78 is 62.8. The quantitative estimate of drug-likeness (QED) is 0.136. The van der Waals surface area contributed by atoms with E-state index in [1.807, 2.05) is 32.2 Å². The molecule has 1 aliphatic heterocycles. The lowest BCUT2D eigenvalue weighted by atomic mass is 9.83. The van der Waals surface area contributed by atoms with Gasteiger partial charge in [0.1, 0.15) is 10.8 Å². The molecule has 2 N–H and O–H groups in total. The van der Waals surface area contributed by atoms with Crippen molar-refractivity contribution in [2.75, 3.05) is 76.3 Å². The summed E-state index contributed by atoms with van der Waals surface area (Å²) in [4.78, 5) is 16.3. The van der Waals surface area contributed by atoms with Crippen molar-refractivity contribution in [3.63, 3.8) is 0 Å². The normalized spacial score (nSPS) is 17.6. The Morgan fingerprint density at radius 2 is 1.74 bits per heavy atom. The zero-order chi connectivity index (χ0) is 41.9. The third-order valence-electron chi connectivity index (χ3n) is 10.2. The standard InChI is InChI=1S/C42H61ClF2N5O4PS2/c1-8-49(29-34(28-41(4,5)6)31(3)32-9-13-35(43)14-10-32)22-21-48(7)36-15-11-33(12-16-36)40(51)47-57(53)37-17-18-38(39(27-37)56(52)42(44,45)55)46-30(2)19-20-50-23-25-54-26-24-50/h9,11-13,15-18,27,30,46H,8,10,14,19-26,28-29,55H2,1-7H3,(H,47,51)/b34-31-. The number of likely N-dealkylation sites (N-methyl/N-ethyl adjacent to an activating group) is 2.